The van der Waals surface area contributed by atoms with Gasteiger partial charge in [-0.25, -0.2) is 4.39 Å². The van der Waals surface area contributed by atoms with Gasteiger partial charge in [0.2, 0.25) is 0 Å². The lowest BCUT2D eigenvalue weighted by Crippen LogP contribution is -2.02. The maximum atomic E-state index is 13.1. The normalized spacial score (nSPS) is 10.4. The lowest BCUT2D eigenvalue weighted by Gasteiger charge is -2.05. The van der Waals surface area contributed by atoms with Crippen molar-refractivity contribution in [2.24, 2.45) is 0 Å². The number of rotatable bonds is 2. The highest BCUT2D eigenvalue weighted by Gasteiger charge is 2.14. The minimum Gasteiger partial charge on any atom is -0.289 e. The van der Waals surface area contributed by atoms with Gasteiger partial charge in [-0.05, 0) is 68.3 Å². The zero-order chi connectivity index (χ0) is 13.3. The molecule has 0 amide bonds. The molecule has 0 unspecified atom stereocenters. The zero-order valence-corrected chi connectivity index (χ0v) is 12.8. The van der Waals surface area contributed by atoms with Crippen molar-refractivity contribution in [2.75, 3.05) is 0 Å². The topological polar surface area (TPSA) is 17.1 Å². The molecule has 0 aliphatic rings. The SMILES string of the molecule is O=C(c1ccc(F)c(Br)c1)c1ccc(Cl)cc1Br. The minimum absolute atomic E-state index is 0.195. The molecule has 0 aliphatic carbocycles. The molecule has 0 radical (unpaired) electrons. The zero-order valence-electron chi connectivity index (χ0n) is 8.88. The molecule has 1 nitrogen and oxygen atoms in total. The second-order valence-corrected chi connectivity index (χ2v) is 5.73. The Labute approximate surface area is 125 Å². The number of hydrogen-bond donors (Lipinski definition) is 0. The van der Waals surface area contributed by atoms with E-state index >= 15 is 0 Å². The van der Waals surface area contributed by atoms with Crippen molar-refractivity contribution in [1.29, 1.82) is 0 Å². The summed E-state index contributed by atoms with van der Waals surface area (Å²) >= 11 is 12.2. The molecule has 0 aliphatic heterocycles. The van der Waals surface area contributed by atoms with Crippen molar-refractivity contribution < 1.29 is 9.18 Å². The van der Waals surface area contributed by atoms with Crippen LogP contribution in [0.4, 0.5) is 4.39 Å². The molecule has 2 rings (SSSR count). The molecule has 2 aromatic rings. The van der Waals surface area contributed by atoms with E-state index in [0.29, 0.717) is 20.6 Å². The summed E-state index contributed by atoms with van der Waals surface area (Å²) in [6, 6.07) is 9.07. The van der Waals surface area contributed by atoms with Crippen molar-refractivity contribution >= 4 is 49.2 Å². The molecule has 5 heteroatoms. The fourth-order valence-electron chi connectivity index (χ4n) is 1.47. The Kier molecular flexibility index (Phi) is 4.20. The van der Waals surface area contributed by atoms with Gasteiger partial charge in [0.25, 0.3) is 0 Å². The summed E-state index contributed by atoms with van der Waals surface area (Å²) in [6.45, 7) is 0. The third-order valence-electron chi connectivity index (χ3n) is 2.36. The van der Waals surface area contributed by atoms with Crippen LogP contribution in [-0.2, 0) is 0 Å². The number of benzene rings is 2. The standard InChI is InChI=1S/C13H6Br2ClFO/c14-10-6-8(16)2-3-9(10)13(18)7-1-4-12(17)11(15)5-7/h1-6H. The Morgan fingerprint density at radius 2 is 1.78 bits per heavy atom. The molecular formula is C13H6Br2ClFO. The van der Waals surface area contributed by atoms with Gasteiger partial charge in [0.1, 0.15) is 5.82 Å². The summed E-state index contributed by atoms with van der Waals surface area (Å²) in [5.74, 6) is -0.596. The van der Waals surface area contributed by atoms with Crippen LogP contribution in [0.25, 0.3) is 0 Å². The largest absolute Gasteiger partial charge is 0.289 e. The summed E-state index contributed by atoms with van der Waals surface area (Å²) in [7, 11) is 0. The molecule has 0 N–H and O–H groups in total. The Hall–Kier alpha value is -0.710. The number of halogens is 4. The molecule has 0 atom stereocenters. The molecule has 0 saturated carbocycles. The molecule has 0 heterocycles. The highest BCUT2D eigenvalue weighted by molar-refractivity contribution is 9.10. The Bertz CT molecular complexity index is 628. The summed E-state index contributed by atoms with van der Waals surface area (Å²) < 4.78 is 14.0. The van der Waals surface area contributed by atoms with Gasteiger partial charge in [0, 0.05) is 20.6 Å². The molecule has 0 spiro atoms. The predicted octanol–water partition coefficient (Wildman–Crippen LogP) is 5.24. The van der Waals surface area contributed by atoms with E-state index in [-0.39, 0.29) is 10.3 Å². The van der Waals surface area contributed by atoms with Gasteiger partial charge >= 0.3 is 0 Å². The molecule has 0 bridgehead atoms. The first-order valence-corrected chi connectivity index (χ1v) is 6.90. The highest BCUT2D eigenvalue weighted by Crippen LogP contribution is 2.25. The van der Waals surface area contributed by atoms with E-state index in [0.717, 1.165) is 0 Å². The van der Waals surface area contributed by atoms with E-state index in [1.54, 1.807) is 18.2 Å². The van der Waals surface area contributed by atoms with E-state index in [9.17, 15) is 9.18 Å². The van der Waals surface area contributed by atoms with E-state index in [4.69, 9.17) is 11.6 Å². The first-order chi connectivity index (χ1) is 8.49. The quantitative estimate of drug-likeness (QED) is 0.639. The van der Waals surface area contributed by atoms with E-state index in [1.165, 1.54) is 18.2 Å². The monoisotopic (exact) mass is 390 g/mol. The van der Waals surface area contributed by atoms with Crippen LogP contribution in [0.5, 0.6) is 0 Å². The Morgan fingerprint density at radius 3 is 2.39 bits per heavy atom. The van der Waals surface area contributed by atoms with Crippen molar-refractivity contribution in [3.8, 4) is 0 Å². The van der Waals surface area contributed by atoms with Crippen LogP contribution >= 0.6 is 43.5 Å². The molecule has 2 aromatic carbocycles. The summed E-state index contributed by atoms with van der Waals surface area (Å²) in [5.41, 5.74) is 0.893. The van der Waals surface area contributed by atoms with E-state index in [1.807, 2.05) is 0 Å². The van der Waals surface area contributed by atoms with Gasteiger partial charge in [-0.1, -0.05) is 11.6 Å². The average molecular weight is 392 g/mol. The first kappa shape index (κ1) is 13.7. The van der Waals surface area contributed by atoms with Crippen molar-refractivity contribution in [2.45, 2.75) is 0 Å². The molecule has 0 aromatic heterocycles. The van der Waals surface area contributed by atoms with Crippen LogP contribution in [0.15, 0.2) is 45.3 Å². The van der Waals surface area contributed by atoms with Gasteiger partial charge in [-0.15, -0.1) is 0 Å². The van der Waals surface area contributed by atoms with Crippen LogP contribution in [0, 0.1) is 5.82 Å². The lowest BCUT2D eigenvalue weighted by atomic mass is 10.0. The van der Waals surface area contributed by atoms with Crippen LogP contribution in [0.3, 0.4) is 0 Å². The highest BCUT2D eigenvalue weighted by atomic mass is 79.9. The van der Waals surface area contributed by atoms with Crippen LogP contribution in [0.2, 0.25) is 5.02 Å². The number of hydrogen-bond acceptors (Lipinski definition) is 1. The second-order valence-electron chi connectivity index (χ2n) is 3.58. The van der Waals surface area contributed by atoms with Crippen LogP contribution < -0.4 is 0 Å². The maximum Gasteiger partial charge on any atom is 0.194 e. The van der Waals surface area contributed by atoms with Gasteiger partial charge in [-0.3, -0.25) is 4.79 Å². The first-order valence-electron chi connectivity index (χ1n) is 4.94. The van der Waals surface area contributed by atoms with E-state index < -0.39 is 5.82 Å². The smallest absolute Gasteiger partial charge is 0.194 e. The van der Waals surface area contributed by atoms with Crippen LogP contribution in [0.1, 0.15) is 15.9 Å². The fourth-order valence-corrected chi connectivity index (χ4v) is 2.71. The molecule has 0 fully saturated rings. The summed E-state index contributed by atoms with van der Waals surface area (Å²) in [6.07, 6.45) is 0. The van der Waals surface area contributed by atoms with Crippen molar-refractivity contribution in [3.05, 3.63) is 67.3 Å². The summed E-state index contributed by atoms with van der Waals surface area (Å²) in [4.78, 5) is 12.2. The fraction of sp³-hybridized carbons (Fsp3) is 0. The number of carbonyl (C=O) groups excluding carboxylic acids is 1. The average Bonchev–Trinajstić information content (AvgIpc) is 2.32. The summed E-state index contributed by atoms with van der Waals surface area (Å²) in [5, 5.41) is 0.540. The Balaban J connectivity index is 2.44. The Morgan fingerprint density at radius 1 is 1.06 bits per heavy atom. The second kappa shape index (κ2) is 5.51. The predicted molar refractivity (Wildman–Crippen MR) is 76.7 cm³/mol. The molecule has 92 valence electrons. The van der Waals surface area contributed by atoms with Gasteiger partial charge in [-0.2, -0.15) is 0 Å². The van der Waals surface area contributed by atoms with Gasteiger partial charge in [0.15, 0.2) is 5.78 Å². The van der Waals surface area contributed by atoms with Crippen molar-refractivity contribution in [3.63, 3.8) is 0 Å². The third kappa shape index (κ3) is 2.82. The molecule has 18 heavy (non-hydrogen) atoms. The van der Waals surface area contributed by atoms with Gasteiger partial charge in [0.05, 0.1) is 4.47 Å². The number of ketones is 1. The molecule has 0 saturated heterocycles. The number of carbonyl (C=O) groups is 1. The van der Waals surface area contributed by atoms with Gasteiger partial charge < -0.3 is 0 Å². The third-order valence-corrected chi connectivity index (χ3v) is 3.86. The minimum atomic E-state index is -0.401. The van der Waals surface area contributed by atoms with E-state index in [2.05, 4.69) is 31.9 Å². The van der Waals surface area contributed by atoms with Crippen molar-refractivity contribution in [1.82, 2.24) is 0 Å². The molecular weight excluding hydrogens is 386 g/mol. The van der Waals surface area contributed by atoms with Crippen LogP contribution in [-0.4, -0.2) is 5.78 Å². The lowest BCUT2D eigenvalue weighted by molar-refractivity contribution is 0.103. The maximum absolute atomic E-state index is 13.1.